The molecule has 3 N–H and O–H groups in total. The Kier molecular flexibility index (Phi) is 5.39. The summed E-state index contributed by atoms with van der Waals surface area (Å²) in [6.45, 7) is 4.72. The Morgan fingerprint density at radius 1 is 1.23 bits per heavy atom. The molecule has 4 nitrogen and oxygen atoms in total. The number of hydrogen-bond acceptors (Lipinski definition) is 3. The molecule has 0 aliphatic carbocycles. The Morgan fingerprint density at radius 2 is 1.91 bits per heavy atom. The lowest BCUT2D eigenvalue weighted by atomic mass is 9.98. The van der Waals surface area contributed by atoms with Crippen LogP contribution in [0, 0.1) is 5.92 Å². The number of ether oxygens (including phenoxy) is 1. The molecular formula is C18H24N2O2. The first-order chi connectivity index (χ1) is 10.5. The van der Waals surface area contributed by atoms with Crippen LogP contribution >= 0.6 is 0 Å². The van der Waals surface area contributed by atoms with Crippen LogP contribution in [0.2, 0.25) is 0 Å². The third kappa shape index (κ3) is 3.77. The van der Waals surface area contributed by atoms with Gasteiger partial charge in [0, 0.05) is 6.54 Å². The molecule has 2 aromatic rings. The summed E-state index contributed by atoms with van der Waals surface area (Å²) in [5, 5.41) is 5.56. The number of primary amides is 1. The Labute approximate surface area is 131 Å². The number of nitrogens with one attached hydrogen (secondary N) is 1. The molecule has 0 saturated heterocycles. The summed E-state index contributed by atoms with van der Waals surface area (Å²) in [6, 6.07) is 12.0. The Hall–Kier alpha value is -2.07. The minimum absolute atomic E-state index is 0.224. The molecule has 0 unspecified atom stereocenters. The highest BCUT2D eigenvalue weighted by Crippen LogP contribution is 2.22. The van der Waals surface area contributed by atoms with Crippen molar-refractivity contribution >= 4 is 16.7 Å². The third-order valence-electron chi connectivity index (χ3n) is 4.16. The lowest BCUT2D eigenvalue weighted by Gasteiger charge is -2.21. The zero-order valence-corrected chi connectivity index (χ0v) is 13.4. The summed E-state index contributed by atoms with van der Waals surface area (Å²) in [5.41, 5.74) is 6.62. The number of rotatable bonds is 7. The number of amides is 1. The standard InChI is InChI=1S/C18H24N2O2/c1-4-12(2)17(18(19)21)20-11-13-5-6-15-10-16(22-3)8-7-14(15)9-13/h5-10,12,17,20H,4,11H2,1-3H3,(H2,19,21)/t12-,17+/m0/s1. The van der Waals surface area contributed by atoms with Crippen LogP contribution in [-0.4, -0.2) is 19.1 Å². The molecule has 0 aliphatic rings. The van der Waals surface area contributed by atoms with Crippen molar-refractivity contribution in [2.24, 2.45) is 11.7 Å². The van der Waals surface area contributed by atoms with Gasteiger partial charge in [0.2, 0.25) is 5.91 Å². The average Bonchev–Trinajstić information content (AvgIpc) is 2.53. The van der Waals surface area contributed by atoms with Crippen LogP contribution in [0.25, 0.3) is 10.8 Å². The molecule has 0 saturated carbocycles. The number of fused-ring (bicyclic) bond motifs is 1. The highest BCUT2D eigenvalue weighted by molar-refractivity contribution is 5.84. The summed E-state index contributed by atoms with van der Waals surface area (Å²) in [5.74, 6) is 0.783. The number of carbonyl (C=O) groups excluding carboxylic acids is 1. The van der Waals surface area contributed by atoms with Crippen LogP contribution in [0.5, 0.6) is 5.75 Å². The van der Waals surface area contributed by atoms with E-state index < -0.39 is 0 Å². The van der Waals surface area contributed by atoms with E-state index in [-0.39, 0.29) is 17.9 Å². The van der Waals surface area contributed by atoms with Gasteiger partial charge in [0.1, 0.15) is 5.75 Å². The van der Waals surface area contributed by atoms with Crippen molar-refractivity contribution in [1.29, 1.82) is 0 Å². The van der Waals surface area contributed by atoms with Gasteiger partial charge >= 0.3 is 0 Å². The van der Waals surface area contributed by atoms with Gasteiger partial charge in [-0.05, 0) is 40.5 Å². The van der Waals surface area contributed by atoms with E-state index in [4.69, 9.17) is 10.5 Å². The first-order valence-electron chi connectivity index (χ1n) is 7.64. The van der Waals surface area contributed by atoms with Gasteiger partial charge in [-0.2, -0.15) is 0 Å². The van der Waals surface area contributed by atoms with Crippen LogP contribution < -0.4 is 15.8 Å². The largest absolute Gasteiger partial charge is 0.497 e. The van der Waals surface area contributed by atoms with Crippen molar-refractivity contribution in [3.63, 3.8) is 0 Å². The Balaban J connectivity index is 2.12. The highest BCUT2D eigenvalue weighted by Gasteiger charge is 2.20. The van der Waals surface area contributed by atoms with E-state index >= 15 is 0 Å². The fourth-order valence-electron chi connectivity index (χ4n) is 2.56. The molecule has 0 aliphatic heterocycles. The summed E-state index contributed by atoms with van der Waals surface area (Å²) >= 11 is 0. The van der Waals surface area contributed by atoms with Crippen molar-refractivity contribution in [3.8, 4) is 5.75 Å². The molecular weight excluding hydrogens is 276 g/mol. The van der Waals surface area contributed by atoms with Crippen molar-refractivity contribution in [2.75, 3.05) is 7.11 Å². The van der Waals surface area contributed by atoms with Gasteiger partial charge in [-0.3, -0.25) is 4.79 Å². The second-order valence-corrected chi connectivity index (χ2v) is 5.69. The fourth-order valence-corrected chi connectivity index (χ4v) is 2.56. The van der Waals surface area contributed by atoms with Gasteiger partial charge in [0.05, 0.1) is 13.2 Å². The number of carbonyl (C=O) groups is 1. The highest BCUT2D eigenvalue weighted by atomic mass is 16.5. The predicted octanol–water partition coefficient (Wildman–Crippen LogP) is 2.84. The van der Waals surface area contributed by atoms with Crippen molar-refractivity contribution in [1.82, 2.24) is 5.32 Å². The molecule has 0 aromatic heterocycles. The van der Waals surface area contributed by atoms with E-state index in [0.717, 1.165) is 28.5 Å². The van der Waals surface area contributed by atoms with Crippen molar-refractivity contribution < 1.29 is 9.53 Å². The minimum Gasteiger partial charge on any atom is -0.497 e. The fraction of sp³-hybridized carbons (Fsp3) is 0.389. The van der Waals surface area contributed by atoms with E-state index in [1.165, 1.54) is 0 Å². The van der Waals surface area contributed by atoms with Gasteiger partial charge in [-0.15, -0.1) is 0 Å². The number of benzene rings is 2. The van der Waals surface area contributed by atoms with Gasteiger partial charge in [0.25, 0.3) is 0 Å². The topological polar surface area (TPSA) is 64.3 Å². The number of nitrogens with two attached hydrogens (primary N) is 1. The second-order valence-electron chi connectivity index (χ2n) is 5.69. The van der Waals surface area contributed by atoms with Crippen LogP contribution in [0.1, 0.15) is 25.8 Å². The second kappa shape index (κ2) is 7.27. The third-order valence-corrected chi connectivity index (χ3v) is 4.16. The maximum Gasteiger partial charge on any atom is 0.234 e. The maximum absolute atomic E-state index is 11.5. The van der Waals surface area contributed by atoms with Gasteiger partial charge in [0.15, 0.2) is 0 Å². The van der Waals surface area contributed by atoms with E-state index in [1.54, 1.807) is 7.11 Å². The molecule has 22 heavy (non-hydrogen) atoms. The molecule has 2 rings (SSSR count). The van der Waals surface area contributed by atoms with E-state index in [1.807, 2.05) is 25.1 Å². The van der Waals surface area contributed by atoms with Gasteiger partial charge in [-0.25, -0.2) is 0 Å². The van der Waals surface area contributed by atoms with Crippen molar-refractivity contribution in [3.05, 3.63) is 42.0 Å². The quantitative estimate of drug-likeness (QED) is 0.826. The molecule has 0 heterocycles. The summed E-state index contributed by atoms with van der Waals surface area (Å²) < 4.78 is 5.23. The normalized spacial score (nSPS) is 13.8. The SMILES string of the molecule is CC[C@H](C)[C@@H](NCc1ccc2cc(OC)ccc2c1)C(N)=O. The minimum atomic E-state index is -0.295. The Bertz CT molecular complexity index is 655. The molecule has 0 bridgehead atoms. The lowest BCUT2D eigenvalue weighted by Crippen LogP contribution is -2.45. The molecule has 118 valence electrons. The maximum atomic E-state index is 11.5. The molecule has 4 heteroatoms. The molecule has 0 radical (unpaired) electrons. The lowest BCUT2D eigenvalue weighted by molar-refractivity contribution is -0.121. The zero-order chi connectivity index (χ0) is 16.1. The molecule has 0 fully saturated rings. The Morgan fingerprint density at radius 3 is 2.55 bits per heavy atom. The van der Waals surface area contributed by atoms with Gasteiger partial charge < -0.3 is 15.8 Å². The first-order valence-corrected chi connectivity index (χ1v) is 7.64. The van der Waals surface area contributed by atoms with E-state index in [9.17, 15) is 4.79 Å². The summed E-state index contributed by atoms with van der Waals surface area (Å²) in [7, 11) is 1.67. The number of hydrogen-bond donors (Lipinski definition) is 2. The average molecular weight is 300 g/mol. The molecule has 2 aromatic carbocycles. The van der Waals surface area contributed by atoms with Crippen LogP contribution in [0.4, 0.5) is 0 Å². The monoisotopic (exact) mass is 300 g/mol. The van der Waals surface area contributed by atoms with E-state index in [2.05, 4.69) is 30.4 Å². The predicted molar refractivity (Wildman–Crippen MR) is 89.8 cm³/mol. The molecule has 1 amide bonds. The molecule has 2 atom stereocenters. The van der Waals surface area contributed by atoms with Crippen LogP contribution in [0.15, 0.2) is 36.4 Å². The zero-order valence-electron chi connectivity index (χ0n) is 13.4. The molecule has 0 spiro atoms. The summed E-state index contributed by atoms with van der Waals surface area (Å²) in [6.07, 6.45) is 0.915. The van der Waals surface area contributed by atoms with Crippen LogP contribution in [0.3, 0.4) is 0 Å². The van der Waals surface area contributed by atoms with Gasteiger partial charge in [-0.1, -0.05) is 38.5 Å². The smallest absolute Gasteiger partial charge is 0.234 e. The van der Waals surface area contributed by atoms with E-state index in [0.29, 0.717) is 6.54 Å². The summed E-state index contributed by atoms with van der Waals surface area (Å²) in [4.78, 5) is 11.5. The first kappa shape index (κ1) is 16.3. The van der Waals surface area contributed by atoms with Crippen molar-refractivity contribution in [2.45, 2.75) is 32.9 Å². The number of methoxy groups -OCH3 is 1. The van der Waals surface area contributed by atoms with Crippen LogP contribution in [-0.2, 0) is 11.3 Å².